The van der Waals surface area contributed by atoms with Crippen LogP contribution in [0, 0.1) is 0 Å². The molecule has 1 aromatic rings. The van der Waals surface area contributed by atoms with Gasteiger partial charge in [-0.25, -0.2) is 0 Å². The average Bonchev–Trinajstić information content (AvgIpc) is 3.14. The van der Waals surface area contributed by atoms with E-state index in [4.69, 9.17) is 4.74 Å². The molecule has 1 aromatic carbocycles. The van der Waals surface area contributed by atoms with Crippen molar-refractivity contribution in [1.29, 1.82) is 0 Å². The summed E-state index contributed by atoms with van der Waals surface area (Å²) in [4.78, 5) is 2.49. The van der Waals surface area contributed by atoms with Crippen molar-refractivity contribution in [3.63, 3.8) is 0 Å². The smallest absolute Gasteiger partial charge is 0.0637 e. The first-order valence-electron chi connectivity index (χ1n) is 5.76. The Kier molecular flexibility index (Phi) is 4.24. The van der Waals surface area contributed by atoms with Gasteiger partial charge in [0.1, 0.15) is 0 Å². The molecule has 2 rings (SSSR count). The zero-order valence-electron chi connectivity index (χ0n) is 9.66. The first kappa shape index (κ1) is 11.9. The Balaban J connectivity index is 2.16. The molecule has 0 aliphatic heterocycles. The minimum atomic E-state index is 0.732. The molecular weight excluding hydrogens is 266 g/mol. The van der Waals surface area contributed by atoms with Crippen LogP contribution >= 0.6 is 15.9 Å². The van der Waals surface area contributed by atoms with Crippen molar-refractivity contribution >= 4 is 21.6 Å². The van der Waals surface area contributed by atoms with Crippen molar-refractivity contribution in [1.82, 2.24) is 0 Å². The van der Waals surface area contributed by atoms with E-state index in [1.165, 1.54) is 24.1 Å². The Morgan fingerprint density at radius 2 is 2.12 bits per heavy atom. The molecule has 3 heteroatoms. The predicted octanol–water partition coefficient (Wildman–Crippen LogP) is 3.20. The number of rotatable bonds is 6. The average molecular weight is 284 g/mol. The maximum Gasteiger partial charge on any atom is 0.0637 e. The molecule has 0 heterocycles. The van der Waals surface area contributed by atoms with Gasteiger partial charge in [0, 0.05) is 30.7 Å². The summed E-state index contributed by atoms with van der Waals surface area (Å²) in [5.41, 5.74) is 2.73. The van der Waals surface area contributed by atoms with Gasteiger partial charge < -0.3 is 9.64 Å². The quantitative estimate of drug-likeness (QED) is 0.744. The lowest BCUT2D eigenvalue weighted by molar-refractivity contribution is 0.205. The summed E-state index contributed by atoms with van der Waals surface area (Å²) in [7, 11) is 1.77. The van der Waals surface area contributed by atoms with Crippen LogP contribution in [0.1, 0.15) is 18.4 Å². The fraction of sp³-hybridized carbons (Fsp3) is 0.538. The number of hydrogen-bond donors (Lipinski definition) is 0. The van der Waals surface area contributed by atoms with Crippen LogP contribution in [-0.2, 0) is 10.1 Å². The van der Waals surface area contributed by atoms with Crippen LogP contribution in [-0.4, -0.2) is 26.3 Å². The van der Waals surface area contributed by atoms with Crippen LogP contribution in [0.3, 0.4) is 0 Å². The Morgan fingerprint density at radius 1 is 1.38 bits per heavy atom. The van der Waals surface area contributed by atoms with Crippen molar-refractivity contribution in [2.24, 2.45) is 0 Å². The molecule has 0 radical (unpaired) electrons. The Hall–Kier alpha value is -0.540. The summed E-state index contributed by atoms with van der Waals surface area (Å²) in [6.07, 6.45) is 2.64. The molecule has 0 N–H and O–H groups in total. The second kappa shape index (κ2) is 5.69. The monoisotopic (exact) mass is 283 g/mol. The second-order valence-corrected chi connectivity index (χ2v) is 4.74. The Labute approximate surface area is 106 Å². The number of halogens is 1. The molecule has 0 amide bonds. The summed E-state index contributed by atoms with van der Waals surface area (Å²) in [6, 6.07) is 9.34. The van der Waals surface area contributed by atoms with Gasteiger partial charge >= 0.3 is 0 Å². The highest BCUT2D eigenvalue weighted by atomic mass is 79.9. The molecule has 0 unspecified atom stereocenters. The summed E-state index contributed by atoms with van der Waals surface area (Å²) in [6.45, 7) is 1.79. The third-order valence-electron chi connectivity index (χ3n) is 2.97. The topological polar surface area (TPSA) is 12.5 Å². The largest absolute Gasteiger partial charge is 0.383 e. The first-order valence-corrected chi connectivity index (χ1v) is 6.88. The molecule has 0 saturated heterocycles. The van der Waals surface area contributed by atoms with Crippen LogP contribution in [0.15, 0.2) is 24.3 Å². The normalized spacial score (nSPS) is 15.1. The van der Waals surface area contributed by atoms with E-state index < -0.39 is 0 Å². The highest BCUT2D eigenvalue weighted by Gasteiger charge is 2.29. The van der Waals surface area contributed by atoms with E-state index in [-0.39, 0.29) is 0 Å². The fourth-order valence-corrected chi connectivity index (χ4v) is 2.45. The third-order valence-corrected chi connectivity index (χ3v) is 3.57. The standard InChI is InChI=1S/C13H18BrNO/c1-16-9-8-15(12-6-7-12)13-5-3-2-4-11(13)10-14/h2-5,12H,6-10H2,1H3. The third kappa shape index (κ3) is 2.77. The molecule has 2 nitrogen and oxygen atoms in total. The number of methoxy groups -OCH3 is 1. The molecular formula is C13H18BrNO. The summed E-state index contributed by atoms with van der Waals surface area (Å²) < 4.78 is 5.19. The van der Waals surface area contributed by atoms with E-state index in [0.717, 1.165) is 24.5 Å². The Bertz CT molecular complexity index is 338. The molecule has 1 saturated carbocycles. The minimum absolute atomic E-state index is 0.732. The van der Waals surface area contributed by atoms with Gasteiger partial charge in [0.2, 0.25) is 0 Å². The molecule has 0 bridgehead atoms. The van der Waals surface area contributed by atoms with Gasteiger partial charge in [-0.1, -0.05) is 34.1 Å². The number of hydrogen-bond acceptors (Lipinski definition) is 2. The SMILES string of the molecule is COCCN(c1ccccc1CBr)C1CC1. The van der Waals surface area contributed by atoms with E-state index in [9.17, 15) is 0 Å². The van der Waals surface area contributed by atoms with E-state index in [2.05, 4.69) is 45.1 Å². The van der Waals surface area contributed by atoms with Crippen molar-refractivity contribution in [3.05, 3.63) is 29.8 Å². The van der Waals surface area contributed by atoms with Crippen molar-refractivity contribution < 1.29 is 4.74 Å². The lowest BCUT2D eigenvalue weighted by atomic mass is 10.2. The fourth-order valence-electron chi connectivity index (χ4n) is 1.98. The molecule has 0 aromatic heterocycles. The highest BCUT2D eigenvalue weighted by molar-refractivity contribution is 9.08. The zero-order valence-corrected chi connectivity index (χ0v) is 11.2. The van der Waals surface area contributed by atoms with Gasteiger partial charge in [-0.3, -0.25) is 0 Å². The maximum absolute atomic E-state index is 5.19. The number of alkyl halides is 1. The van der Waals surface area contributed by atoms with E-state index in [1.54, 1.807) is 7.11 Å². The van der Waals surface area contributed by atoms with Crippen LogP contribution in [0.2, 0.25) is 0 Å². The van der Waals surface area contributed by atoms with Crippen LogP contribution in [0.4, 0.5) is 5.69 Å². The second-order valence-electron chi connectivity index (χ2n) is 4.18. The number of anilines is 1. The number of nitrogens with zero attached hydrogens (tertiary/aromatic N) is 1. The van der Waals surface area contributed by atoms with Crippen LogP contribution in [0.25, 0.3) is 0 Å². The predicted molar refractivity (Wildman–Crippen MR) is 71.3 cm³/mol. The number of para-hydroxylation sites is 1. The zero-order chi connectivity index (χ0) is 11.4. The van der Waals surface area contributed by atoms with Crippen molar-refractivity contribution in [2.45, 2.75) is 24.2 Å². The lowest BCUT2D eigenvalue weighted by Gasteiger charge is -2.26. The van der Waals surface area contributed by atoms with E-state index in [0.29, 0.717) is 0 Å². The highest BCUT2D eigenvalue weighted by Crippen LogP contribution is 2.33. The number of ether oxygens (including phenoxy) is 1. The summed E-state index contributed by atoms with van der Waals surface area (Å²) in [5.74, 6) is 0. The van der Waals surface area contributed by atoms with Gasteiger partial charge in [0.25, 0.3) is 0 Å². The van der Waals surface area contributed by atoms with Gasteiger partial charge in [-0.2, -0.15) is 0 Å². The van der Waals surface area contributed by atoms with Crippen LogP contribution in [0.5, 0.6) is 0 Å². The molecule has 1 fully saturated rings. The molecule has 0 spiro atoms. The first-order chi connectivity index (χ1) is 7.86. The molecule has 0 atom stereocenters. The summed E-state index contributed by atoms with van der Waals surface area (Å²) >= 11 is 3.56. The molecule has 1 aliphatic carbocycles. The van der Waals surface area contributed by atoms with E-state index in [1.807, 2.05) is 0 Å². The maximum atomic E-state index is 5.19. The Morgan fingerprint density at radius 3 is 2.75 bits per heavy atom. The van der Waals surface area contributed by atoms with Gasteiger partial charge in [0.05, 0.1) is 6.61 Å². The van der Waals surface area contributed by atoms with Crippen molar-refractivity contribution in [2.75, 3.05) is 25.2 Å². The van der Waals surface area contributed by atoms with Gasteiger partial charge in [-0.05, 0) is 24.5 Å². The summed E-state index contributed by atoms with van der Waals surface area (Å²) in [5, 5.41) is 0.916. The molecule has 88 valence electrons. The minimum Gasteiger partial charge on any atom is -0.383 e. The number of benzene rings is 1. The molecule has 16 heavy (non-hydrogen) atoms. The van der Waals surface area contributed by atoms with Crippen molar-refractivity contribution in [3.8, 4) is 0 Å². The van der Waals surface area contributed by atoms with E-state index >= 15 is 0 Å². The molecule has 1 aliphatic rings. The van der Waals surface area contributed by atoms with Crippen LogP contribution < -0.4 is 4.90 Å². The van der Waals surface area contributed by atoms with Gasteiger partial charge in [-0.15, -0.1) is 0 Å². The van der Waals surface area contributed by atoms with Gasteiger partial charge in [0.15, 0.2) is 0 Å². The lowest BCUT2D eigenvalue weighted by Crippen LogP contribution is -2.30.